The van der Waals surface area contributed by atoms with E-state index in [1.54, 1.807) is 12.1 Å². The average Bonchev–Trinajstić information content (AvgIpc) is 2.37. The van der Waals surface area contributed by atoms with E-state index in [0.717, 1.165) is 11.3 Å². The number of nitrogens with zero attached hydrogens (tertiary/aromatic N) is 1. The number of rotatable bonds is 5. The maximum absolute atomic E-state index is 12.9. The molecule has 2 aromatic rings. The van der Waals surface area contributed by atoms with Crippen molar-refractivity contribution in [3.05, 3.63) is 54.0 Å². The Morgan fingerprint density at radius 1 is 1.16 bits per heavy atom. The Hall–Kier alpha value is -2.10. The molecule has 3 nitrogen and oxygen atoms in total. The first-order valence-electron chi connectivity index (χ1n) is 6.25. The Bertz CT molecular complexity index is 526. The summed E-state index contributed by atoms with van der Waals surface area (Å²) in [6, 6.07) is 12.5. The van der Waals surface area contributed by atoms with Crippen molar-refractivity contribution in [2.75, 3.05) is 5.32 Å². The van der Waals surface area contributed by atoms with Gasteiger partial charge in [-0.2, -0.15) is 4.39 Å². The zero-order valence-corrected chi connectivity index (χ0v) is 11.1. The Balaban J connectivity index is 1.93. The predicted molar refractivity (Wildman–Crippen MR) is 73.7 cm³/mol. The van der Waals surface area contributed by atoms with Crippen molar-refractivity contribution in [3.63, 3.8) is 0 Å². The molecule has 1 N–H and O–H groups in total. The quantitative estimate of drug-likeness (QED) is 0.834. The van der Waals surface area contributed by atoms with Gasteiger partial charge in [0.15, 0.2) is 0 Å². The molecule has 19 heavy (non-hydrogen) atoms. The fourth-order valence-corrected chi connectivity index (χ4v) is 1.66. The number of hydrogen-bond donors (Lipinski definition) is 1. The van der Waals surface area contributed by atoms with Crippen LogP contribution in [0.5, 0.6) is 5.75 Å². The van der Waals surface area contributed by atoms with Crippen LogP contribution >= 0.6 is 0 Å². The Morgan fingerprint density at radius 2 is 1.89 bits per heavy atom. The van der Waals surface area contributed by atoms with Crippen molar-refractivity contribution in [2.24, 2.45) is 0 Å². The topological polar surface area (TPSA) is 34.1 Å². The molecule has 4 heteroatoms. The van der Waals surface area contributed by atoms with E-state index >= 15 is 0 Å². The molecule has 0 saturated carbocycles. The lowest BCUT2D eigenvalue weighted by Crippen LogP contribution is -2.06. The lowest BCUT2D eigenvalue weighted by atomic mass is 10.2. The van der Waals surface area contributed by atoms with Gasteiger partial charge in [0.1, 0.15) is 11.6 Å². The molecule has 0 saturated heterocycles. The van der Waals surface area contributed by atoms with Crippen LogP contribution in [-0.4, -0.2) is 11.1 Å². The van der Waals surface area contributed by atoms with Crippen LogP contribution in [-0.2, 0) is 6.54 Å². The van der Waals surface area contributed by atoms with Crippen molar-refractivity contribution < 1.29 is 9.13 Å². The third-order valence-electron chi connectivity index (χ3n) is 2.48. The van der Waals surface area contributed by atoms with E-state index in [9.17, 15) is 4.39 Å². The van der Waals surface area contributed by atoms with E-state index in [0.29, 0.717) is 12.4 Å². The molecule has 1 aromatic carbocycles. The molecule has 1 aromatic heterocycles. The van der Waals surface area contributed by atoms with E-state index in [2.05, 4.69) is 10.3 Å². The van der Waals surface area contributed by atoms with Crippen LogP contribution in [0.25, 0.3) is 0 Å². The molecule has 2 rings (SSSR count). The minimum absolute atomic E-state index is 0.167. The SMILES string of the molecule is CC(C)Oc1ccc(CNc2cccc(F)n2)cc1. The summed E-state index contributed by atoms with van der Waals surface area (Å²) in [6.07, 6.45) is 0.167. The van der Waals surface area contributed by atoms with Crippen LogP contribution in [0.4, 0.5) is 10.2 Å². The molecule has 0 aliphatic heterocycles. The second kappa shape index (κ2) is 6.18. The van der Waals surface area contributed by atoms with Crippen molar-refractivity contribution in [2.45, 2.75) is 26.5 Å². The van der Waals surface area contributed by atoms with Crippen molar-refractivity contribution in [3.8, 4) is 5.75 Å². The molecule has 0 bridgehead atoms. The molecule has 0 aliphatic carbocycles. The lowest BCUT2D eigenvalue weighted by Gasteiger charge is -2.10. The summed E-state index contributed by atoms with van der Waals surface area (Å²) >= 11 is 0. The van der Waals surface area contributed by atoms with Gasteiger partial charge in [-0.05, 0) is 43.7 Å². The third-order valence-corrected chi connectivity index (χ3v) is 2.48. The molecule has 0 amide bonds. The van der Waals surface area contributed by atoms with E-state index in [4.69, 9.17) is 4.74 Å². The summed E-state index contributed by atoms with van der Waals surface area (Å²) in [7, 11) is 0. The van der Waals surface area contributed by atoms with E-state index in [1.165, 1.54) is 6.07 Å². The zero-order valence-electron chi connectivity index (χ0n) is 11.1. The van der Waals surface area contributed by atoms with E-state index < -0.39 is 5.95 Å². The molecule has 0 fully saturated rings. The number of halogens is 1. The highest BCUT2D eigenvalue weighted by Gasteiger charge is 1.99. The van der Waals surface area contributed by atoms with Crippen LogP contribution in [0.15, 0.2) is 42.5 Å². The maximum Gasteiger partial charge on any atom is 0.214 e. The van der Waals surface area contributed by atoms with Crippen LogP contribution in [0.1, 0.15) is 19.4 Å². The second-order valence-electron chi connectivity index (χ2n) is 4.51. The number of benzene rings is 1. The van der Waals surface area contributed by atoms with Crippen LogP contribution in [0.2, 0.25) is 0 Å². The first-order valence-corrected chi connectivity index (χ1v) is 6.25. The van der Waals surface area contributed by atoms with Crippen LogP contribution in [0.3, 0.4) is 0 Å². The molecule has 0 spiro atoms. The number of hydrogen-bond acceptors (Lipinski definition) is 3. The summed E-state index contributed by atoms with van der Waals surface area (Å²) in [6.45, 7) is 4.58. The first kappa shape index (κ1) is 13.3. The Kier molecular flexibility index (Phi) is 4.34. The predicted octanol–water partition coefficient (Wildman–Crippen LogP) is 3.62. The number of pyridine rings is 1. The van der Waals surface area contributed by atoms with Gasteiger partial charge in [0.05, 0.1) is 6.10 Å². The number of ether oxygens (including phenoxy) is 1. The molecule has 0 radical (unpaired) electrons. The van der Waals surface area contributed by atoms with Gasteiger partial charge in [-0.3, -0.25) is 0 Å². The largest absolute Gasteiger partial charge is 0.491 e. The molecular formula is C15H17FN2O. The van der Waals surface area contributed by atoms with Gasteiger partial charge in [0.25, 0.3) is 0 Å². The fraction of sp³-hybridized carbons (Fsp3) is 0.267. The first-order chi connectivity index (χ1) is 9.13. The van der Waals surface area contributed by atoms with Gasteiger partial charge in [0.2, 0.25) is 5.95 Å². The van der Waals surface area contributed by atoms with Gasteiger partial charge < -0.3 is 10.1 Å². The van der Waals surface area contributed by atoms with Crippen molar-refractivity contribution in [1.29, 1.82) is 0 Å². The molecule has 1 heterocycles. The highest BCUT2D eigenvalue weighted by molar-refractivity contribution is 5.36. The normalized spacial score (nSPS) is 10.5. The molecular weight excluding hydrogens is 243 g/mol. The van der Waals surface area contributed by atoms with E-state index in [1.807, 2.05) is 38.1 Å². The van der Waals surface area contributed by atoms with Gasteiger partial charge in [-0.25, -0.2) is 4.98 Å². The Morgan fingerprint density at radius 3 is 2.53 bits per heavy atom. The van der Waals surface area contributed by atoms with Gasteiger partial charge in [-0.1, -0.05) is 18.2 Å². The van der Waals surface area contributed by atoms with Crippen LogP contribution < -0.4 is 10.1 Å². The molecule has 0 atom stereocenters. The number of anilines is 1. The second-order valence-corrected chi connectivity index (χ2v) is 4.51. The molecule has 0 unspecified atom stereocenters. The fourth-order valence-electron chi connectivity index (χ4n) is 1.66. The monoisotopic (exact) mass is 260 g/mol. The van der Waals surface area contributed by atoms with Gasteiger partial charge >= 0.3 is 0 Å². The van der Waals surface area contributed by atoms with Gasteiger partial charge in [0, 0.05) is 6.54 Å². The lowest BCUT2D eigenvalue weighted by molar-refractivity contribution is 0.242. The third kappa shape index (κ3) is 4.25. The smallest absolute Gasteiger partial charge is 0.214 e. The summed E-state index contributed by atoms with van der Waals surface area (Å²) in [5.41, 5.74) is 1.09. The zero-order chi connectivity index (χ0) is 13.7. The minimum atomic E-state index is -0.481. The minimum Gasteiger partial charge on any atom is -0.491 e. The average molecular weight is 260 g/mol. The van der Waals surface area contributed by atoms with Gasteiger partial charge in [-0.15, -0.1) is 0 Å². The highest BCUT2D eigenvalue weighted by atomic mass is 19.1. The van der Waals surface area contributed by atoms with Crippen LogP contribution in [0, 0.1) is 5.95 Å². The molecule has 100 valence electrons. The number of aromatic nitrogens is 1. The maximum atomic E-state index is 12.9. The molecule has 0 aliphatic rings. The summed E-state index contributed by atoms with van der Waals surface area (Å²) < 4.78 is 18.5. The van der Waals surface area contributed by atoms with Crippen molar-refractivity contribution in [1.82, 2.24) is 4.98 Å². The van der Waals surface area contributed by atoms with E-state index in [-0.39, 0.29) is 6.10 Å². The number of nitrogens with one attached hydrogen (secondary N) is 1. The van der Waals surface area contributed by atoms with Crippen molar-refractivity contribution >= 4 is 5.82 Å². The Labute approximate surface area is 112 Å². The summed E-state index contributed by atoms with van der Waals surface area (Å²) in [4.78, 5) is 3.74. The summed E-state index contributed by atoms with van der Waals surface area (Å²) in [5, 5.41) is 3.07. The highest BCUT2D eigenvalue weighted by Crippen LogP contribution is 2.14. The standard InChI is InChI=1S/C15H17FN2O/c1-11(2)19-13-8-6-12(7-9-13)10-17-15-5-3-4-14(16)18-15/h3-9,11H,10H2,1-2H3,(H,17,18). The summed E-state index contributed by atoms with van der Waals surface area (Å²) in [5.74, 6) is 0.899.